The quantitative estimate of drug-likeness (QED) is 0.0733. The van der Waals surface area contributed by atoms with E-state index < -0.39 is 23.0 Å². The number of ether oxygens (including phenoxy) is 3. The third-order valence-corrected chi connectivity index (χ3v) is 28.0. The highest BCUT2D eigenvalue weighted by Crippen LogP contribution is 2.78. The molecule has 11 nitrogen and oxygen atoms in total. The minimum absolute atomic E-state index is 0.0114. The van der Waals surface area contributed by atoms with Crippen molar-refractivity contribution in [2.45, 2.75) is 237 Å². The van der Waals surface area contributed by atoms with Gasteiger partial charge in [-0.25, -0.2) is 0 Å². The van der Waals surface area contributed by atoms with E-state index in [9.17, 15) is 30.0 Å². The zero-order valence-electron chi connectivity index (χ0n) is 52.1. The van der Waals surface area contributed by atoms with Crippen molar-refractivity contribution in [1.29, 1.82) is 0 Å². The topological polar surface area (TPSA) is 167 Å². The van der Waals surface area contributed by atoms with Gasteiger partial charge in [0.1, 0.15) is 0 Å². The van der Waals surface area contributed by atoms with Crippen molar-refractivity contribution < 1.29 is 44.2 Å². The van der Waals surface area contributed by atoms with Gasteiger partial charge in [-0.2, -0.15) is 0 Å². The largest absolute Gasteiger partial charge is 0.393 e. The fourth-order valence-electron chi connectivity index (χ4n) is 22.8. The van der Waals surface area contributed by atoms with Crippen molar-refractivity contribution in [3.05, 3.63) is 23.3 Å². The highest BCUT2D eigenvalue weighted by Gasteiger charge is 2.73. The number of carbonyl (C=O) groups is 2. The summed E-state index contributed by atoms with van der Waals surface area (Å²) < 4.78 is 17.8. The standard InChI is InChI=1S/C68H112N2O9/c1-57(2)27-29-67(45(39-57)43-15-17-49-61(9)23-21-51(71)59(5,6)47(61)19-25-63(49,11)65(43,13)41-53(67)73)55(75)69-31-33-77-35-37-79-38-36-78-34-32-70-56(76)68-30-28-58(3,4)40-46(68)44-16-18-50-62(10)24-22-52(72)60(7,8)48(62)20-26-64(50,12)66(44,14)42-54(68)74/h15-16,45-54,71-74H,17-42H2,1-14H3,(H,69,75)(H,70,76)/t45?,46?,47?,48?,49?,50?,51-,52-,53+,54+,61-,62-,63+,64+,65+,66+,67+,68+/m0/s1. The fraction of sp³-hybridized carbons (Fsp3) is 0.912. The van der Waals surface area contributed by atoms with Crippen LogP contribution in [0.25, 0.3) is 0 Å². The van der Waals surface area contributed by atoms with Gasteiger partial charge in [-0.3, -0.25) is 9.59 Å². The molecule has 18 atom stereocenters. The molecule has 0 aromatic heterocycles. The molecule has 10 rings (SSSR count). The van der Waals surface area contributed by atoms with E-state index in [1.807, 2.05) is 0 Å². The van der Waals surface area contributed by atoms with E-state index in [0.717, 1.165) is 89.9 Å². The zero-order chi connectivity index (χ0) is 57.4. The molecule has 0 aromatic rings. The smallest absolute Gasteiger partial charge is 0.229 e. The van der Waals surface area contributed by atoms with Crippen molar-refractivity contribution >= 4 is 11.8 Å². The van der Waals surface area contributed by atoms with Crippen LogP contribution in [0.15, 0.2) is 23.3 Å². The third kappa shape index (κ3) is 8.96. The Kier molecular flexibility index (Phi) is 15.6. The number of aliphatic hydroxyl groups excluding tert-OH is 4. The molecule has 0 heterocycles. The molecule has 0 bridgehead atoms. The molecule has 0 spiro atoms. The van der Waals surface area contributed by atoms with Gasteiger partial charge in [0.15, 0.2) is 0 Å². The molecule has 6 unspecified atom stereocenters. The second-order valence-electron chi connectivity index (χ2n) is 33.1. The molecule has 10 aliphatic rings. The van der Waals surface area contributed by atoms with Gasteiger partial charge in [0.05, 0.1) is 74.9 Å². The number of nitrogens with one attached hydrogen (secondary N) is 2. The molecule has 0 saturated heterocycles. The van der Waals surface area contributed by atoms with Crippen LogP contribution >= 0.6 is 0 Å². The van der Waals surface area contributed by atoms with Gasteiger partial charge >= 0.3 is 0 Å². The molecular formula is C68H112N2O9. The second-order valence-corrected chi connectivity index (χ2v) is 33.1. The Morgan fingerprint density at radius 2 is 0.797 bits per heavy atom. The number of aliphatic hydroxyl groups is 4. The van der Waals surface area contributed by atoms with Crippen molar-refractivity contribution in [3.8, 4) is 0 Å². The summed E-state index contributed by atoms with van der Waals surface area (Å²) in [5, 5.41) is 54.0. The molecule has 8 fully saturated rings. The van der Waals surface area contributed by atoms with Crippen LogP contribution in [0.4, 0.5) is 0 Å². The molecule has 2 amide bonds. The number of fused-ring (bicyclic) bond motifs is 14. The van der Waals surface area contributed by atoms with E-state index in [-0.39, 0.29) is 90.0 Å². The Bertz CT molecular complexity index is 2220. The Morgan fingerprint density at radius 3 is 1.16 bits per heavy atom. The number of hydrogen-bond donors (Lipinski definition) is 6. The second kappa shape index (κ2) is 20.4. The van der Waals surface area contributed by atoms with Gasteiger partial charge in [-0.15, -0.1) is 0 Å². The first-order chi connectivity index (χ1) is 36.8. The van der Waals surface area contributed by atoms with Crippen LogP contribution in [0, 0.1) is 100 Å². The Labute approximate surface area is 478 Å². The van der Waals surface area contributed by atoms with Gasteiger partial charge in [-0.1, -0.05) is 120 Å². The summed E-state index contributed by atoms with van der Waals surface area (Å²) in [6.07, 6.45) is 19.3. The van der Waals surface area contributed by atoms with Crippen LogP contribution in [0.5, 0.6) is 0 Å². The Hall–Kier alpha value is -1.86. The van der Waals surface area contributed by atoms with E-state index in [1.54, 1.807) is 0 Å². The fourth-order valence-corrected chi connectivity index (χ4v) is 22.8. The van der Waals surface area contributed by atoms with E-state index in [2.05, 4.69) is 120 Å². The summed E-state index contributed by atoms with van der Waals surface area (Å²) in [6, 6.07) is 0. The third-order valence-electron chi connectivity index (χ3n) is 28.0. The summed E-state index contributed by atoms with van der Waals surface area (Å²) in [4.78, 5) is 29.4. The Balaban J connectivity index is 0.681. The molecule has 448 valence electrons. The predicted octanol–water partition coefficient (Wildman–Crippen LogP) is 11.5. The first-order valence-electron chi connectivity index (χ1n) is 32.2. The maximum Gasteiger partial charge on any atom is 0.229 e. The lowest BCUT2D eigenvalue weighted by Gasteiger charge is -2.71. The van der Waals surface area contributed by atoms with Crippen molar-refractivity contribution in [2.24, 2.45) is 100 Å². The van der Waals surface area contributed by atoms with Crippen LogP contribution in [-0.2, 0) is 23.8 Å². The first kappa shape index (κ1) is 60.3. The van der Waals surface area contributed by atoms with Crippen LogP contribution in [-0.4, -0.2) is 109 Å². The van der Waals surface area contributed by atoms with Crippen LogP contribution in [0.2, 0.25) is 0 Å². The highest BCUT2D eigenvalue weighted by molar-refractivity contribution is 5.85. The van der Waals surface area contributed by atoms with Crippen molar-refractivity contribution in [1.82, 2.24) is 10.6 Å². The average molecular weight is 1100 g/mol. The maximum atomic E-state index is 14.7. The molecule has 10 aliphatic carbocycles. The summed E-state index contributed by atoms with van der Waals surface area (Å²) in [5.41, 5.74) is 0.781. The highest BCUT2D eigenvalue weighted by atomic mass is 16.5. The number of allylic oxidation sites excluding steroid dienone is 4. The van der Waals surface area contributed by atoms with Crippen LogP contribution in [0.3, 0.4) is 0 Å². The molecule has 11 heteroatoms. The van der Waals surface area contributed by atoms with E-state index in [0.29, 0.717) is 102 Å². The van der Waals surface area contributed by atoms with E-state index in [1.165, 1.54) is 11.1 Å². The first-order valence-corrected chi connectivity index (χ1v) is 32.2. The van der Waals surface area contributed by atoms with Crippen LogP contribution in [0.1, 0.15) is 213 Å². The van der Waals surface area contributed by atoms with Gasteiger partial charge in [0.2, 0.25) is 11.8 Å². The monoisotopic (exact) mass is 1100 g/mol. The minimum Gasteiger partial charge on any atom is -0.393 e. The SMILES string of the molecule is CC1(C)CC[C@@]2(C(=O)NCCOCCOCCOCCNC(=O)[C@]34CCC(C)(C)CC3C3=CCC5[C@@]6(C)CC[C@H](O)C(C)(C)C6CC[C@@]5(C)[C@]3(C)C[C@H]4O)C(C1)C1=CCC3[C@@]4(C)CC[C@H](O)C(C)(C)C4CC[C@@]3(C)[C@]1(C)C[C@H]2O. The van der Waals surface area contributed by atoms with Gasteiger partial charge in [0.25, 0.3) is 0 Å². The van der Waals surface area contributed by atoms with Crippen molar-refractivity contribution in [3.63, 3.8) is 0 Å². The average Bonchev–Trinajstić information content (AvgIpc) is 3.52. The van der Waals surface area contributed by atoms with Crippen LogP contribution < -0.4 is 10.6 Å². The minimum atomic E-state index is -0.865. The number of amides is 2. The lowest BCUT2D eigenvalue weighted by Crippen LogP contribution is -2.68. The molecule has 0 aliphatic heterocycles. The number of hydrogen-bond acceptors (Lipinski definition) is 9. The molecule has 0 radical (unpaired) electrons. The lowest BCUT2D eigenvalue weighted by atomic mass is 9.33. The van der Waals surface area contributed by atoms with Gasteiger partial charge < -0.3 is 45.3 Å². The molecule has 79 heavy (non-hydrogen) atoms. The Morgan fingerprint density at radius 1 is 0.443 bits per heavy atom. The summed E-state index contributed by atoms with van der Waals surface area (Å²) in [7, 11) is 0. The van der Waals surface area contributed by atoms with Crippen molar-refractivity contribution in [2.75, 3.05) is 52.7 Å². The summed E-state index contributed by atoms with van der Waals surface area (Å²) in [6.45, 7) is 36.5. The van der Waals surface area contributed by atoms with E-state index >= 15 is 0 Å². The maximum absolute atomic E-state index is 14.7. The normalized spacial score (nSPS) is 47.8. The molecule has 0 aromatic carbocycles. The molecule has 6 N–H and O–H groups in total. The molecule has 8 saturated carbocycles. The number of rotatable bonds is 14. The summed E-state index contributed by atoms with van der Waals surface area (Å²) in [5.74, 6) is 1.72. The zero-order valence-corrected chi connectivity index (χ0v) is 52.1. The van der Waals surface area contributed by atoms with Gasteiger partial charge in [0, 0.05) is 13.1 Å². The number of carbonyl (C=O) groups excluding carboxylic acids is 2. The molecular weight excluding hydrogens is 989 g/mol. The predicted molar refractivity (Wildman–Crippen MR) is 311 cm³/mol. The lowest BCUT2D eigenvalue weighted by molar-refractivity contribution is -0.215. The summed E-state index contributed by atoms with van der Waals surface area (Å²) >= 11 is 0. The van der Waals surface area contributed by atoms with E-state index in [4.69, 9.17) is 14.2 Å². The van der Waals surface area contributed by atoms with Gasteiger partial charge in [-0.05, 0) is 205 Å².